The molecule has 0 aromatic heterocycles. The number of imide groups is 1. The number of carbonyl (C=O) groups is 2. The van der Waals surface area contributed by atoms with Crippen molar-refractivity contribution in [1.82, 2.24) is 3.11 Å². The Labute approximate surface area is 102 Å². The van der Waals surface area contributed by atoms with E-state index in [9.17, 15) is 22.8 Å². The van der Waals surface area contributed by atoms with Crippen molar-refractivity contribution in [3.05, 3.63) is 0 Å². The van der Waals surface area contributed by atoms with Gasteiger partial charge in [0, 0.05) is 12.8 Å². The molecule has 1 saturated heterocycles. The molecule has 94 valence electrons. The lowest BCUT2D eigenvalue weighted by Crippen LogP contribution is -2.21. The number of halogens is 4. The van der Waals surface area contributed by atoms with Gasteiger partial charge in [-0.3, -0.25) is 14.1 Å². The van der Waals surface area contributed by atoms with Gasteiger partial charge in [0.25, 0.3) is 0 Å². The molecule has 0 bridgehead atoms. The summed E-state index contributed by atoms with van der Waals surface area (Å²) in [6.45, 7) is 0. The standard InChI is InChI=1S/C4H4INO2.CHF3O3S/c5-6-3(7)1-2-4(6)8;2-1(3,4)8(5,6)7/h1-2H2;(H,5,6,7). The van der Waals surface area contributed by atoms with Crippen molar-refractivity contribution in [3.8, 4) is 0 Å². The summed E-state index contributed by atoms with van der Waals surface area (Å²) < 4.78 is 58.7. The molecule has 0 aromatic carbocycles. The van der Waals surface area contributed by atoms with Crippen LogP contribution in [0.1, 0.15) is 12.8 Å². The molecule has 6 nitrogen and oxygen atoms in total. The van der Waals surface area contributed by atoms with E-state index in [4.69, 9.17) is 13.0 Å². The summed E-state index contributed by atoms with van der Waals surface area (Å²) in [5, 5.41) is 0. The lowest BCUT2D eigenvalue weighted by molar-refractivity contribution is -0.130. The molecule has 0 aliphatic carbocycles. The molecule has 1 aliphatic rings. The Morgan fingerprint density at radius 2 is 1.44 bits per heavy atom. The zero-order valence-corrected chi connectivity index (χ0v) is 10.3. The first-order chi connectivity index (χ1) is 6.97. The van der Waals surface area contributed by atoms with Gasteiger partial charge in [-0.1, -0.05) is 0 Å². The minimum absolute atomic E-state index is 0.0735. The molecule has 0 radical (unpaired) electrons. The fourth-order valence-electron chi connectivity index (χ4n) is 0.549. The Bertz CT molecular complexity index is 375. The highest BCUT2D eigenvalue weighted by atomic mass is 127. The SMILES string of the molecule is O=C1CCC(=O)N1I.O=S(=O)(O)C(F)(F)F. The number of alkyl halides is 3. The Kier molecular flexibility index (Phi) is 5.13. The summed E-state index contributed by atoms with van der Waals surface area (Å²) in [5.41, 5.74) is -5.53. The lowest BCUT2D eigenvalue weighted by atomic mass is 10.4. The molecule has 16 heavy (non-hydrogen) atoms. The van der Waals surface area contributed by atoms with E-state index in [1.54, 1.807) is 22.9 Å². The molecule has 0 atom stereocenters. The lowest BCUT2D eigenvalue weighted by Gasteiger charge is -1.97. The van der Waals surface area contributed by atoms with E-state index >= 15 is 0 Å². The molecule has 0 unspecified atom stereocenters. The Balaban J connectivity index is 0.000000281. The summed E-state index contributed by atoms with van der Waals surface area (Å²) in [6.07, 6.45) is 0.781. The van der Waals surface area contributed by atoms with E-state index in [-0.39, 0.29) is 11.8 Å². The molecule has 11 heteroatoms. The van der Waals surface area contributed by atoms with Gasteiger partial charge in [-0.25, -0.2) is 3.11 Å². The molecule has 2 amide bonds. The molecule has 0 aromatic rings. The van der Waals surface area contributed by atoms with Crippen molar-refractivity contribution >= 4 is 44.8 Å². The predicted octanol–water partition coefficient (Wildman–Crippen LogP) is 0.879. The fraction of sp³-hybridized carbons (Fsp3) is 0.600. The van der Waals surface area contributed by atoms with Gasteiger partial charge < -0.3 is 0 Å². The Morgan fingerprint density at radius 3 is 1.50 bits per heavy atom. The van der Waals surface area contributed by atoms with Gasteiger partial charge in [0.15, 0.2) is 0 Å². The average molecular weight is 375 g/mol. The van der Waals surface area contributed by atoms with Crippen LogP contribution in [0.25, 0.3) is 0 Å². The summed E-state index contributed by atoms with van der Waals surface area (Å²) in [4.78, 5) is 21.0. The fourth-order valence-corrected chi connectivity index (χ4v) is 1.03. The minimum Gasteiger partial charge on any atom is -0.279 e. The van der Waals surface area contributed by atoms with Crippen LogP contribution in [-0.2, 0) is 19.7 Å². The molecular weight excluding hydrogens is 370 g/mol. The zero-order valence-electron chi connectivity index (χ0n) is 7.36. The summed E-state index contributed by atoms with van der Waals surface area (Å²) in [5.74, 6) is -0.147. The van der Waals surface area contributed by atoms with E-state index < -0.39 is 15.6 Å². The molecule has 0 saturated carbocycles. The largest absolute Gasteiger partial charge is 0.522 e. The van der Waals surface area contributed by atoms with Crippen LogP contribution in [0.3, 0.4) is 0 Å². The molecule has 0 spiro atoms. The van der Waals surface area contributed by atoms with Gasteiger partial charge in [0.2, 0.25) is 11.8 Å². The van der Waals surface area contributed by atoms with Crippen molar-refractivity contribution in [2.75, 3.05) is 0 Å². The third kappa shape index (κ3) is 4.61. The van der Waals surface area contributed by atoms with Gasteiger partial charge in [-0.15, -0.1) is 0 Å². The molecule has 1 N–H and O–H groups in total. The number of amides is 2. The summed E-state index contributed by atoms with van der Waals surface area (Å²) >= 11 is 1.72. The van der Waals surface area contributed by atoms with Gasteiger partial charge in [0.1, 0.15) is 0 Å². The second-order valence-electron chi connectivity index (χ2n) is 2.49. The highest BCUT2D eigenvalue weighted by molar-refractivity contribution is 14.1. The maximum atomic E-state index is 10.7. The van der Waals surface area contributed by atoms with Crippen molar-refractivity contribution in [2.45, 2.75) is 18.3 Å². The maximum absolute atomic E-state index is 10.7. The number of carbonyl (C=O) groups excluding carboxylic acids is 2. The number of rotatable bonds is 0. The normalized spacial score (nSPS) is 17.2. The monoisotopic (exact) mass is 375 g/mol. The van der Waals surface area contributed by atoms with Gasteiger partial charge in [-0.05, 0) is 0 Å². The number of hydrogen-bond acceptors (Lipinski definition) is 4. The summed E-state index contributed by atoms with van der Waals surface area (Å²) in [7, 11) is -5.84. The van der Waals surface area contributed by atoms with Gasteiger partial charge in [-0.2, -0.15) is 21.6 Å². The van der Waals surface area contributed by atoms with Crippen LogP contribution < -0.4 is 0 Å². The second-order valence-corrected chi connectivity index (χ2v) is 4.87. The third-order valence-electron chi connectivity index (χ3n) is 1.28. The average Bonchev–Trinajstić information content (AvgIpc) is 2.34. The minimum atomic E-state index is -5.84. The zero-order chi connectivity index (χ0) is 13.1. The predicted molar refractivity (Wildman–Crippen MR) is 52.7 cm³/mol. The first-order valence-corrected chi connectivity index (χ1v) is 5.92. The van der Waals surface area contributed by atoms with Crippen LogP contribution in [0.15, 0.2) is 0 Å². The molecule has 1 rings (SSSR count). The first kappa shape index (κ1) is 15.6. The van der Waals surface area contributed by atoms with Crippen LogP contribution in [0.2, 0.25) is 0 Å². The van der Waals surface area contributed by atoms with E-state index in [1.807, 2.05) is 0 Å². The van der Waals surface area contributed by atoms with E-state index in [0.29, 0.717) is 12.8 Å². The van der Waals surface area contributed by atoms with Crippen LogP contribution in [0, 0.1) is 0 Å². The number of hydrogen-bond donors (Lipinski definition) is 1. The smallest absolute Gasteiger partial charge is 0.279 e. The van der Waals surface area contributed by atoms with Gasteiger partial charge in [0.05, 0.1) is 22.9 Å². The second kappa shape index (κ2) is 5.27. The van der Waals surface area contributed by atoms with E-state index in [2.05, 4.69) is 0 Å². The molecule has 1 heterocycles. The Hall–Kier alpha value is -0.430. The third-order valence-corrected chi connectivity index (χ3v) is 2.94. The van der Waals surface area contributed by atoms with Crippen LogP contribution in [0.4, 0.5) is 13.2 Å². The van der Waals surface area contributed by atoms with Crippen molar-refractivity contribution in [1.29, 1.82) is 0 Å². The van der Waals surface area contributed by atoms with Crippen molar-refractivity contribution in [2.24, 2.45) is 0 Å². The highest BCUT2D eigenvalue weighted by Gasteiger charge is 2.44. The quantitative estimate of drug-likeness (QED) is 0.223. The van der Waals surface area contributed by atoms with Crippen LogP contribution in [0.5, 0.6) is 0 Å². The van der Waals surface area contributed by atoms with E-state index in [1.165, 1.54) is 0 Å². The summed E-state index contributed by atoms with van der Waals surface area (Å²) in [6, 6.07) is 0. The van der Waals surface area contributed by atoms with Gasteiger partial charge >= 0.3 is 15.6 Å². The molecular formula is C5H5F3INO5S. The van der Waals surface area contributed by atoms with Crippen LogP contribution >= 0.6 is 22.9 Å². The van der Waals surface area contributed by atoms with Crippen molar-refractivity contribution in [3.63, 3.8) is 0 Å². The topological polar surface area (TPSA) is 91.8 Å². The first-order valence-electron chi connectivity index (χ1n) is 3.52. The molecule has 1 fully saturated rings. The van der Waals surface area contributed by atoms with E-state index in [0.717, 1.165) is 3.11 Å². The Morgan fingerprint density at radius 1 is 1.19 bits per heavy atom. The highest BCUT2D eigenvalue weighted by Crippen LogP contribution is 2.20. The van der Waals surface area contributed by atoms with Crippen LogP contribution in [-0.4, -0.2) is 33.4 Å². The molecule has 1 aliphatic heterocycles. The maximum Gasteiger partial charge on any atom is 0.522 e. The number of nitrogens with zero attached hydrogens (tertiary/aromatic N) is 1. The van der Waals surface area contributed by atoms with Crippen molar-refractivity contribution < 1.29 is 35.7 Å².